The van der Waals surface area contributed by atoms with Crippen molar-refractivity contribution in [2.24, 2.45) is 5.73 Å². The Bertz CT molecular complexity index is 286. The van der Waals surface area contributed by atoms with Gasteiger partial charge in [0.05, 0.1) is 6.07 Å². The summed E-state index contributed by atoms with van der Waals surface area (Å²) >= 11 is 0. The monoisotopic (exact) mass is 252 g/mol. The van der Waals surface area contributed by atoms with E-state index >= 15 is 0 Å². The van der Waals surface area contributed by atoms with Gasteiger partial charge >= 0.3 is 0 Å². The molecular formula is C14H28N4. The molecule has 0 radical (unpaired) electrons. The molecule has 2 N–H and O–H groups in total. The van der Waals surface area contributed by atoms with Crippen molar-refractivity contribution in [2.75, 3.05) is 32.7 Å². The second kappa shape index (κ2) is 7.08. The number of piperazine rings is 1. The third-order valence-corrected chi connectivity index (χ3v) is 4.21. The highest BCUT2D eigenvalue weighted by Gasteiger charge is 2.24. The standard InChI is InChI=1S/C14H28N4/c1-4-14(16,12-15)7-6-8-17-9-10-18(5-2)13(3)11-17/h13H,4-11,16H2,1-3H3. The molecular weight excluding hydrogens is 224 g/mol. The van der Waals surface area contributed by atoms with Gasteiger partial charge in [0.1, 0.15) is 5.54 Å². The maximum atomic E-state index is 9.04. The van der Waals surface area contributed by atoms with Gasteiger partial charge in [-0.1, -0.05) is 13.8 Å². The van der Waals surface area contributed by atoms with Gasteiger partial charge in [-0.3, -0.25) is 4.90 Å². The van der Waals surface area contributed by atoms with Gasteiger partial charge in [-0.15, -0.1) is 0 Å². The van der Waals surface area contributed by atoms with E-state index in [1.54, 1.807) is 0 Å². The van der Waals surface area contributed by atoms with Crippen molar-refractivity contribution in [1.82, 2.24) is 9.80 Å². The number of hydrogen-bond donors (Lipinski definition) is 1. The van der Waals surface area contributed by atoms with Crippen molar-refractivity contribution in [3.8, 4) is 6.07 Å². The Labute approximate surface area is 112 Å². The molecule has 0 amide bonds. The molecule has 0 aromatic carbocycles. The number of hydrogen-bond acceptors (Lipinski definition) is 4. The van der Waals surface area contributed by atoms with Gasteiger partial charge in [0.2, 0.25) is 0 Å². The second-order valence-electron chi connectivity index (χ2n) is 5.50. The first-order valence-electron chi connectivity index (χ1n) is 7.21. The van der Waals surface area contributed by atoms with Crippen LogP contribution in [0.5, 0.6) is 0 Å². The lowest BCUT2D eigenvalue weighted by molar-refractivity contribution is 0.0861. The molecule has 0 bridgehead atoms. The minimum atomic E-state index is -0.614. The number of likely N-dealkylation sites (N-methyl/N-ethyl adjacent to an activating group) is 1. The van der Waals surface area contributed by atoms with E-state index in [4.69, 9.17) is 11.0 Å². The number of rotatable bonds is 6. The van der Waals surface area contributed by atoms with Crippen molar-refractivity contribution in [1.29, 1.82) is 5.26 Å². The van der Waals surface area contributed by atoms with Gasteiger partial charge in [0, 0.05) is 25.7 Å². The third kappa shape index (κ3) is 4.24. The smallest absolute Gasteiger partial charge is 0.104 e. The van der Waals surface area contributed by atoms with Gasteiger partial charge < -0.3 is 10.6 Å². The fourth-order valence-corrected chi connectivity index (χ4v) is 2.67. The molecule has 18 heavy (non-hydrogen) atoms. The molecule has 4 nitrogen and oxygen atoms in total. The summed E-state index contributed by atoms with van der Waals surface area (Å²) in [5.74, 6) is 0. The Morgan fingerprint density at radius 2 is 2.11 bits per heavy atom. The van der Waals surface area contributed by atoms with E-state index in [9.17, 15) is 0 Å². The largest absolute Gasteiger partial charge is 0.313 e. The van der Waals surface area contributed by atoms with Crippen molar-refractivity contribution in [3.63, 3.8) is 0 Å². The first-order chi connectivity index (χ1) is 8.54. The molecule has 2 unspecified atom stereocenters. The van der Waals surface area contributed by atoms with Crippen LogP contribution in [-0.2, 0) is 0 Å². The minimum absolute atomic E-state index is 0.614. The Morgan fingerprint density at radius 3 is 2.61 bits per heavy atom. The van der Waals surface area contributed by atoms with E-state index in [0.717, 1.165) is 52.0 Å². The highest BCUT2D eigenvalue weighted by molar-refractivity contribution is 5.03. The Balaban J connectivity index is 2.27. The zero-order valence-electron chi connectivity index (χ0n) is 12.2. The van der Waals surface area contributed by atoms with Crippen LogP contribution in [0.4, 0.5) is 0 Å². The van der Waals surface area contributed by atoms with Crippen molar-refractivity contribution in [3.05, 3.63) is 0 Å². The summed E-state index contributed by atoms with van der Waals surface area (Å²) in [5, 5.41) is 9.04. The average Bonchev–Trinajstić information content (AvgIpc) is 2.39. The fourth-order valence-electron chi connectivity index (χ4n) is 2.67. The summed E-state index contributed by atoms with van der Waals surface area (Å²) in [7, 11) is 0. The first-order valence-corrected chi connectivity index (χ1v) is 7.21. The minimum Gasteiger partial charge on any atom is -0.313 e. The van der Waals surface area contributed by atoms with Gasteiger partial charge in [0.25, 0.3) is 0 Å². The average molecular weight is 252 g/mol. The van der Waals surface area contributed by atoms with E-state index < -0.39 is 5.54 Å². The topological polar surface area (TPSA) is 56.3 Å². The van der Waals surface area contributed by atoms with Gasteiger partial charge in [-0.05, 0) is 39.3 Å². The molecule has 0 aliphatic carbocycles. The molecule has 0 saturated carbocycles. The zero-order chi connectivity index (χ0) is 13.6. The molecule has 104 valence electrons. The SMILES string of the molecule is CCN1CCN(CCCC(N)(C#N)CC)CC1C. The Kier molecular flexibility index (Phi) is 6.07. The summed E-state index contributed by atoms with van der Waals surface area (Å²) in [6.45, 7) is 12.2. The quantitative estimate of drug-likeness (QED) is 0.777. The third-order valence-electron chi connectivity index (χ3n) is 4.21. The molecule has 2 atom stereocenters. The highest BCUT2D eigenvalue weighted by Crippen LogP contribution is 2.15. The number of nitriles is 1. The Morgan fingerprint density at radius 1 is 1.39 bits per heavy atom. The lowest BCUT2D eigenvalue weighted by Gasteiger charge is -2.39. The van der Waals surface area contributed by atoms with E-state index in [0.29, 0.717) is 6.04 Å². The first kappa shape index (κ1) is 15.4. The van der Waals surface area contributed by atoms with Crippen LogP contribution in [0.15, 0.2) is 0 Å². The molecule has 0 aromatic heterocycles. The predicted molar refractivity (Wildman–Crippen MR) is 75.2 cm³/mol. The second-order valence-corrected chi connectivity index (χ2v) is 5.50. The van der Waals surface area contributed by atoms with Crippen molar-refractivity contribution in [2.45, 2.75) is 51.6 Å². The summed E-state index contributed by atoms with van der Waals surface area (Å²) in [4.78, 5) is 5.02. The highest BCUT2D eigenvalue weighted by atomic mass is 15.3. The van der Waals surface area contributed by atoms with E-state index in [2.05, 4.69) is 29.7 Å². The van der Waals surface area contributed by atoms with E-state index in [-0.39, 0.29) is 0 Å². The van der Waals surface area contributed by atoms with Gasteiger partial charge in [0.15, 0.2) is 0 Å². The molecule has 1 rings (SSSR count). The maximum Gasteiger partial charge on any atom is 0.104 e. The van der Waals surface area contributed by atoms with Crippen LogP contribution >= 0.6 is 0 Å². The van der Waals surface area contributed by atoms with Crippen molar-refractivity contribution < 1.29 is 0 Å². The van der Waals surface area contributed by atoms with E-state index in [1.807, 2.05) is 6.92 Å². The van der Waals surface area contributed by atoms with Crippen LogP contribution in [0.3, 0.4) is 0 Å². The molecule has 1 saturated heterocycles. The summed E-state index contributed by atoms with van der Waals surface area (Å²) in [5.41, 5.74) is 5.38. The lowest BCUT2D eigenvalue weighted by Crippen LogP contribution is -2.52. The Hall–Kier alpha value is -0.630. The van der Waals surface area contributed by atoms with E-state index in [1.165, 1.54) is 0 Å². The molecule has 0 spiro atoms. The number of nitrogens with zero attached hydrogens (tertiary/aromatic N) is 3. The van der Waals surface area contributed by atoms with Crippen LogP contribution in [0.1, 0.15) is 40.0 Å². The van der Waals surface area contributed by atoms with Crippen LogP contribution in [0, 0.1) is 11.3 Å². The molecule has 4 heteroatoms. The summed E-state index contributed by atoms with van der Waals surface area (Å²) in [6, 6.07) is 2.89. The van der Waals surface area contributed by atoms with Crippen LogP contribution < -0.4 is 5.73 Å². The van der Waals surface area contributed by atoms with Gasteiger partial charge in [-0.2, -0.15) is 5.26 Å². The lowest BCUT2D eigenvalue weighted by atomic mass is 9.93. The zero-order valence-corrected chi connectivity index (χ0v) is 12.2. The fraction of sp³-hybridized carbons (Fsp3) is 0.929. The number of nitrogens with two attached hydrogens (primary N) is 1. The van der Waals surface area contributed by atoms with Crippen molar-refractivity contribution >= 4 is 0 Å². The van der Waals surface area contributed by atoms with Gasteiger partial charge in [-0.25, -0.2) is 0 Å². The summed E-state index contributed by atoms with van der Waals surface area (Å²) in [6.07, 6.45) is 2.57. The predicted octanol–water partition coefficient (Wildman–Crippen LogP) is 1.42. The molecule has 1 heterocycles. The molecule has 1 aliphatic heterocycles. The molecule has 1 aliphatic rings. The molecule has 1 fully saturated rings. The normalized spacial score (nSPS) is 25.6. The van der Waals surface area contributed by atoms with Crippen LogP contribution in [0.2, 0.25) is 0 Å². The van der Waals surface area contributed by atoms with Crippen LogP contribution in [-0.4, -0.2) is 54.1 Å². The molecule has 0 aromatic rings. The summed E-state index contributed by atoms with van der Waals surface area (Å²) < 4.78 is 0. The van der Waals surface area contributed by atoms with Crippen LogP contribution in [0.25, 0.3) is 0 Å². The maximum absolute atomic E-state index is 9.04.